The maximum absolute atomic E-state index is 13.0. The molecule has 0 unspecified atom stereocenters. The Morgan fingerprint density at radius 1 is 1.09 bits per heavy atom. The number of thiophene rings is 1. The molecule has 4 rings (SSSR count). The smallest absolute Gasteiger partial charge is 0.266 e. The van der Waals surface area contributed by atoms with Crippen molar-refractivity contribution < 1.29 is 4.79 Å². The SMILES string of the molecule is Cc1nc(N(C)c2ccc(C(C)C)cc2)c2c(C)c(C(=O)Nc3cccc(Cl)c3)sc2n1. The Morgan fingerprint density at radius 3 is 2.47 bits per heavy atom. The van der Waals surface area contributed by atoms with Crippen LogP contribution in [0.3, 0.4) is 0 Å². The minimum absolute atomic E-state index is 0.180. The second kappa shape index (κ2) is 8.88. The fraction of sp³-hybridized carbons (Fsp3) is 0.240. The molecule has 4 aromatic rings. The molecule has 0 radical (unpaired) electrons. The number of benzene rings is 2. The Hall–Kier alpha value is -2.96. The first-order chi connectivity index (χ1) is 15.2. The molecule has 0 bridgehead atoms. The molecule has 5 nitrogen and oxygen atoms in total. The Kier molecular flexibility index (Phi) is 6.17. The number of aromatic nitrogens is 2. The zero-order chi connectivity index (χ0) is 23.0. The standard InChI is InChI=1S/C25H25ClN4OS/c1-14(2)17-9-11-20(12-10-17)30(5)23-21-15(3)22(32-25(21)28-16(4)27-23)24(31)29-19-8-6-7-18(26)13-19/h6-14H,1-5H3,(H,29,31). The first-order valence-corrected chi connectivity index (χ1v) is 11.6. The molecule has 0 fully saturated rings. The minimum atomic E-state index is -0.180. The summed E-state index contributed by atoms with van der Waals surface area (Å²) in [5, 5.41) is 4.41. The highest BCUT2D eigenvalue weighted by atomic mass is 35.5. The van der Waals surface area contributed by atoms with Crippen molar-refractivity contribution in [1.29, 1.82) is 0 Å². The molecule has 2 heterocycles. The summed E-state index contributed by atoms with van der Waals surface area (Å²) in [6.07, 6.45) is 0. The van der Waals surface area contributed by atoms with Gasteiger partial charge in [-0.25, -0.2) is 9.97 Å². The number of amides is 1. The van der Waals surface area contributed by atoms with Gasteiger partial charge in [-0.05, 0) is 61.2 Å². The normalized spacial score (nSPS) is 11.2. The Labute approximate surface area is 197 Å². The molecular formula is C25H25ClN4OS. The fourth-order valence-corrected chi connectivity index (χ4v) is 4.95. The average molecular weight is 465 g/mol. The number of fused-ring (bicyclic) bond motifs is 1. The summed E-state index contributed by atoms with van der Waals surface area (Å²) in [4.78, 5) is 25.9. The van der Waals surface area contributed by atoms with Crippen LogP contribution in [0.25, 0.3) is 10.2 Å². The van der Waals surface area contributed by atoms with Crippen LogP contribution in [0.2, 0.25) is 5.02 Å². The highest BCUT2D eigenvalue weighted by Gasteiger charge is 2.22. The highest BCUT2D eigenvalue weighted by Crippen LogP contribution is 2.38. The number of anilines is 3. The molecule has 7 heteroatoms. The Balaban J connectivity index is 1.74. The molecule has 0 aliphatic carbocycles. The van der Waals surface area contributed by atoms with Gasteiger partial charge in [-0.2, -0.15) is 0 Å². The minimum Gasteiger partial charge on any atom is -0.329 e. The van der Waals surface area contributed by atoms with E-state index in [2.05, 4.69) is 53.3 Å². The number of carbonyl (C=O) groups is 1. The number of aryl methyl sites for hydroxylation is 2. The molecule has 0 spiro atoms. The molecule has 2 aromatic heterocycles. The van der Waals surface area contributed by atoms with E-state index >= 15 is 0 Å². The summed E-state index contributed by atoms with van der Waals surface area (Å²) in [6, 6.07) is 15.6. The van der Waals surface area contributed by atoms with Crippen LogP contribution in [0.1, 0.15) is 46.4 Å². The first-order valence-electron chi connectivity index (χ1n) is 10.4. The maximum atomic E-state index is 13.0. The molecule has 0 aliphatic rings. The molecule has 164 valence electrons. The lowest BCUT2D eigenvalue weighted by molar-refractivity contribution is 0.103. The van der Waals surface area contributed by atoms with Crippen LogP contribution in [0.4, 0.5) is 17.2 Å². The van der Waals surface area contributed by atoms with Crippen molar-refractivity contribution in [2.75, 3.05) is 17.3 Å². The van der Waals surface area contributed by atoms with Crippen LogP contribution in [-0.4, -0.2) is 22.9 Å². The van der Waals surface area contributed by atoms with Gasteiger partial charge in [0.1, 0.15) is 16.5 Å². The number of halogens is 1. The van der Waals surface area contributed by atoms with Crippen LogP contribution >= 0.6 is 22.9 Å². The van der Waals surface area contributed by atoms with Gasteiger partial charge in [0.2, 0.25) is 0 Å². The van der Waals surface area contributed by atoms with Gasteiger partial charge in [0.25, 0.3) is 5.91 Å². The van der Waals surface area contributed by atoms with Crippen LogP contribution in [0.5, 0.6) is 0 Å². The Bertz CT molecular complexity index is 1300. The Morgan fingerprint density at radius 2 is 1.81 bits per heavy atom. The predicted molar refractivity (Wildman–Crippen MR) is 135 cm³/mol. The molecule has 32 heavy (non-hydrogen) atoms. The van der Waals surface area contributed by atoms with Crippen molar-refractivity contribution >= 4 is 56.3 Å². The van der Waals surface area contributed by atoms with E-state index in [1.165, 1.54) is 16.9 Å². The second-order valence-electron chi connectivity index (χ2n) is 8.10. The lowest BCUT2D eigenvalue weighted by Crippen LogP contribution is -2.13. The van der Waals surface area contributed by atoms with Gasteiger partial charge in [-0.1, -0.05) is 43.6 Å². The number of nitrogens with zero attached hydrogens (tertiary/aromatic N) is 3. The summed E-state index contributed by atoms with van der Waals surface area (Å²) >= 11 is 7.44. The monoisotopic (exact) mass is 464 g/mol. The second-order valence-corrected chi connectivity index (χ2v) is 9.54. The van der Waals surface area contributed by atoms with E-state index in [1.54, 1.807) is 12.1 Å². The molecular weight excluding hydrogens is 440 g/mol. The van der Waals surface area contributed by atoms with Crippen molar-refractivity contribution in [3.63, 3.8) is 0 Å². The van der Waals surface area contributed by atoms with E-state index in [4.69, 9.17) is 16.6 Å². The van der Waals surface area contributed by atoms with Gasteiger partial charge in [0, 0.05) is 23.4 Å². The number of nitrogens with one attached hydrogen (secondary N) is 1. The van der Waals surface area contributed by atoms with Gasteiger partial charge in [-0.3, -0.25) is 4.79 Å². The zero-order valence-electron chi connectivity index (χ0n) is 18.7. The van der Waals surface area contributed by atoms with Crippen molar-refractivity contribution in [3.8, 4) is 0 Å². The molecule has 0 saturated carbocycles. The number of rotatable bonds is 5. The van der Waals surface area contributed by atoms with Crippen LogP contribution in [0.15, 0.2) is 48.5 Å². The van der Waals surface area contributed by atoms with Gasteiger partial charge in [0.05, 0.1) is 10.3 Å². The number of hydrogen-bond donors (Lipinski definition) is 1. The summed E-state index contributed by atoms with van der Waals surface area (Å²) in [6.45, 7) is 8.18. The number of hydrogen-bond acceptors (Lipinski definition) is 5. The van der Waals surface area contributed by atoms with E-state index in [1.807, 2.05) is 33.0 Å². The molecule has 0 aliphatic heterocycles. The summed E-state index contributed by atoms with van der Waals surface area (Å²) in [7, 11) is 1.99. The lowest BCUT2D eigenvalue weighted by Gasteiger charge is -2.20. The average Bonchev–Trinajstić information content (AvgIpc) is 3.09. The third kappa shape index (κ3) is 4.33. The lowest BCUT2D eigenvalue weighted by atomic mass is 10.0. The van der Waals surface area contributed by atoms with Crippen LogP contribution in [-0.2, 0) is 0 Å². The van der Waals surface area contributed by atoms with Crippen molar-refractivity contribution in [3.05, 3.63) is 75.4 Å². The molecule has 2 aromatic carbocycles. The summed E-state index contributed by atoms with van der Waals surface area (Å²) < 4.78 is 0. The van der Waals surface area contributed by atoms with Gasteiger partial charge < -0.3 is 10.2 Å². The largest absolute Gasteiger partial charge is 0.329 e. The van der Waals surface area contributed by atoms with Crippen LogP contribution < -0.4 is 10.2 Å². The third-order valence-electron chi connectivity index (χ3n) is 5.44. The highest BCUT2D eigenvalue weighted by molar-refractivity contribution is 7.20. The van der Waals surface area contributed by atoms with E-state index in [9.17, 15) is 4.79 Å². The van der Waals surface area contributed by atoms with Gasteiger partial charge in [-0.15, -0.1) is 11.3 Å². The summed E-state index contributed by atoms with van der Waals surface area (Å²) in [5.41, 5.74) is 3.84. The number of carbonyl (C=O) groups excluding carboxylic acids is 1. The van der Waals surface area contributed by atoms with Crippen molar-refractivity contribution in [2.24, 2.45) is 0 Å². The molecule has 0 atom stereocenters. The van der Waals surface area contributed by atoms with E-state index < -0.39 is 0 Å². The quantitative estimate of drug-likeness (QED) is 0.342. The van der Waals surface area contributed by atoms with E-state index in [0.717, 1.165) is 27.3 Å². The summed E-state index contributed by atoms with van der Waals surface area (Å²) in [5.74, 6) is 1.75. The maximum Gasteiger partial charge on any atom is 0.266 e. The zero-order valence-corrected chi connectivity index (χ0v) is 20.3. The van der Waals surface area contributed by atoms with E-state index in [-0.39, 0.29) is 5.91 Å². The van der Waals surface area contributed by atoms with Gasteiger partial charge in [0.15, 0.2) is 0 Å². The molecule has 0 saturated heterocycles. The topological polar surface area (TPSA) is 58.1 Å². The fourth-order valence-electron chi connectivity index (χ4n) is 3.64. The first kappa shape index (κ1) is 22.2. The van der Waals surface area contributed by atoms with Gasteiger partial charge >= 0.3 is 0 Å². The van der Waals surface area contributed by atoms with Crippen molar-refractivity contribution in [2.45, 2.75) is 33.6 Å². The van der Waals surface area contributed by atoms with Crippen molar-refractivity contribution in [1.82, 2.24) is 9.97 Å². The van der Waals surface area contributed by atoms with E-state index in [0.29, 0.717) is 27.3 Å². The molecule has 1 amide bonds. The third-order valence-corrected chi connectivity index (χ3v) is 6.86. The predicted octanol–water partition coefficient (Wildman–Crippen LogP) is 7.11. The molecule has 1 N–H and O–H groups in total. The van der Waals surface area contributed by atoms with Crippen LogP contribution in [0, 0.1) is 13.8 Å².